The standard InChI is InChI=1S/C9H10N8S/c1-17-3-5(12-16-17)4-18-6-2-7(10)11-9-8(6)13-15-14-9/h2-3H,4H2,1H3,(H3,10,11,13,14,15). The molecule has 0 aliphatic carbocycles. The third kappa shape index (κ3) is 1.99. The molecule has 0 spiro atoms. The number of aromatic nitrogens is 7. The van der Waals surface area contributed by atoms with Crippen molar-refractivity contribution in [2.24, 2.45) is 7.05 Å². The van der Waals surface area contributed by atoms with E-state index in [-0.39, 0.29) is 0 Å². The Morgan fingerprint density at radius 1 is 1.44 bits per heavy atom. The second-order valence-electron chi connectivity index (χ2n) is 3.71. The summed E-state index contributed by atoms with van der Waals surface area (Å²) in [5.41, 5.74) is 7.86. The Kier molecular flexibility index (Phi) is 2.59. The zero-order chi connectivity index (χ0) is 12.5. The number of aryl methyl sites for hydroxylation is 1. The van der Waals surface area contributed by atoms with Crippen molar-refractivity contribution in [2.75, 3.05) is 5.73 Å². The Bertz CT molecular complexity index is 687. The number of nitrogens with one attached hydrogen (secondary N) is 1. The van der Waals surface area contributed by atoms with Gasteiger partial charge in [0.05, 0.1) is 5.69 Å². The van der Waals surface area contributed by atoms with E-state index in [0.29, 0.717) is 17.2 Å². The van der Waals surface area contributed by atoms with Gasteiger partial charge in [0, 0.05) is 23.9 Å². The fourth-order valence-electron chi connectivity index (χ4n) is 1.55. The summed E-state index contributed by atoms with van der Waals surface area (Å²) in [4.78, 5) is 5.01. The number of nitrogens with two attached hydrogens (primary N) is 1. The van der Waals surface area contributed by atoms with Crippen molar-refractivity contribution >= 4 is 28.7 Å². The smallest absolute Gasteiger partial charge is 0.204 e. The summed E-state index contributed by atoms with van der Waals surface area (Å²) < 4.78 is 1.67. The minimum atomic E-state index is 0.429. The van der Waals surface area contributed by atoms with Crippen molar-refractivity contribution in [2.45, 2.75) is 10.6 Å². The van der Waals surface area contributed by atoms with Crippen LogP contribution in [0.1, 0.15) is 5.69 Å². The van der Waals surface area contributed by atoms with E-state index in [4.69, 9.17) is 5.73 Å². The first-order chi connectivity index (χ1) is 8.72. The van der Waals surface area contributed by atoms with Crippen LogP contribution in [0.2, 0.25) is 0 Å². The summed E-state index contributed by atoms with van der Waals surface area (Å²) >= 11 is 1.58. The molecule has 0 saturated carbocycles. The molecule has 0 unspecified atom stereocenters. The zero-order valence-corrected chi connectivity index (χ0v) is 10.3. The van der Waals surface area contributed by atoms with Crippen LogP contribution in [-0.4, -0.2) is 35.4 Å². The van der Waals surface area contributed by atoms with E-state index in [1.54, 1.807) is 22.5 Å². The number of pyridine rings is 1. The van der Waals surface area contributed by atoms with E-state index in [2.05, 4.69) is 30.7 Å². The van der Waals surface area contributed by atoms with Crippen LogP contribution in [0, 0.1) is 0 Å². The number of rotatable bonds is 3. The molecule has 92 valence electrons. The number of fused-ring (bicyclic) bond motifs is 1. The average molecular weight is 262 g/mol. The lowest BCUT2D eigenvalue weighted by atomic mass is 10.4. The Hall–Kier alpha value is -2.16. The van der Waals surface area contributed by atoms with Crippen LogP contribution in [0.15, 0.2) is 17.2 Å². The lowest BCUT2D eigenvalue weighted by Crippen LogP contribution is -1.92. The molecule has 0 fully saturated rings. The van der Waals surface area contributed by atoms with Gasteiger partial charge in [0.2, 0.25) is 5.65 Å². The highest BCUT2D eigenvalue weighted by Crippen LogP contribution is 2.28. The number of anilines is 1. The summed E-state index contributed by atoms with van der Waals surface area (Å²) in [5, 5.41) is 18.4. The summed E-state index contributed by atoms with van der Waals surface area (Å²) in [7, 11) is 1.83. The summed E-state index contributed by atoms with van der Waals surface area (Å²) in [6.07, 6.45) is 1.87. The maximum atomic E-state index is 5.72. The van der Waals surface area contributed by atoms with E-state index < -0.39 is 0 Å². The van der Waals surface area contributed by atoms with Gasteiger partial charge in [-0.1, -0.05) is 5.21 Å². The van der Waals surface area contributed by atoms with E-state index in [1.807, 2.05) is 13.2 Å². The summed E-state index contributed by atoms with van der Waals surface area (Å²) in [6, 6.07) is 1.78. The van der Waals surface area contributed by atoms with Crippen LogP contribution < -0.4 is 5.73 Å². The van der Waals surface area contributed by atoms with Gasteiger partial charge >= 0.3 is 0 Å². The number of thioether (sulfide) groups is 1. The van der Waals surface area contributed by atoms with Gasteiger partial charge < -0.3 is 5.73 Å². The molecular formula is C9H10N8S. The molecule has 8 nitrogen and oxygen atoms in total. The molecule has 3 heterocycles. The lowest BCUT2D eigenvalue weighted by Gasteiger charge is -2.00. The van der Waals surface area contributed by atoms with Crippen molar-refractivity contribution in [3.63, 3.8) is 0 Å². The highest BCUT2D eigenvalue weighted by atomic mass is 32.2. The van der Waals surface area contributed by atoms with E-state index in [0.717, 1.165) is 16.1 Å². The van der Waals surface area contributed by atoms with Crippen LogP contribution in [0.5, 0.6) is 0 Å². The van der Waals surface area contributed by atoms with Gasteiger partial charge in [0.25, 0.3) is 0 Å². The molecule has 3 rings (SSSR count). The Balaban J connectivity index is 1.87. The van der Waals surface area contributed by atoms with Gasteiger partial charge in [-0.2, -0.15) is 10.3 Å². The first kappa shape index (κ1) is 11.0. The molecular weight excluding hydrogens is 252 g/mol. The summed E-state index contributed by atoms with van der Waals surface area (Å²) in [6.45, 7) is 0. The van der Waals surface area contributed by atoms with Crippen LogP contribution in [0.3, 0.4) is 0 Å². The first-order valence-electron chi connectivity index (χ1n) is 5.17. The minimum Gasteiger partial charge on any atom is -0.384 e. The number of hydrogen-bond acceptors (Lipinski definition) is 7. The van der Waals surface area contributed by atoms with Gasteiger partial charge in [0.15, 0.2) is 0 Å². The van der Waals surface area contributed by atoms with Crippen molar-refractivity contribution in [1.29, 1.82) is 0 Å². The van der Waals surface area contributed by atoms with Gasteiger partial charge in [0.1, 0.15) is 11.3 Å². The molecule has 0 amide bonds. The Morgan fingerprint density at radius 3 is 3.11 bits per heavy atom. The Labute approximate surface area is 106 Å². The SMILES string of the molecule is Cn1cc(CSc2cc(N)nc3n[nH]nc23)nn1. The molecule has 0 radical (unpaired) electrons. The fraction of sp³-hybridized carbons (Fsp3) is 0.222. The van der Waals surface area contributed by atoms with E-state index in [1.165, 1.54) is 0 Å². The van der Waals surface area contributed by atoms with Crippen molar-refractivity contribution in [1.82, 2.24) is 35.4 Å². The normalized spacial score (nSPS) is 11.2. The molecule has 0 bridgehead atoms. The lowest BCUT2D eigenvalue weighted by molar-refractivity contribution is 0.714. The quantitative estimate of drug-likeness (QED) is 0.655. The molecule has 18 heavy (non-hydrogen) atoms. The van der Waals surface area contributed by atoms with Crippen molar-refractivity contribution in [3.8, 4) is 0 Å². The van der Waals surface area contributed by atoms with E-state index in [9.17, 15) is 0 Å². The molecule has 0 aromatic carbocycles. The van der Waals surface area contributed by atoms with Gasteiger partial charge in [-0.3, -0.25) is 4.68 Å². The molecule has 0 aliphatic heterocycles. The second-order valence-corrected chi connectivity index (χ2v) is 4.73. The number of nitrogen functional groups attached to an aromatic ring is 1. The molecule has 0 saturated heterocycles. The predicted molar refractivity (Wildman–Crippen MR) is 66.7 cm³/mol. The van der Waals surface area contributed by atoms with Crippen LogP contribution in [-0.2, 0) is 12.8 Å². The highest BCUT2D eigenvalue weighted by molar-refractivity contribution is 7.98. The molecule has 3 aromatic rings. The van der Waals surface area contributed by atoms with Crippen molar-refractivity contribution in [3.05, 3.63) is 18.0 Å². The third-order valence-corrected chi connectivity index (χ3v) is 3.36. The van der Waals surface area contributed by atoms with Gasteiger partial charge in [-0.15, -0.1) is 22.0 Å². The predicted octanol–water partition coefficient (Wildman–Crippen LogP) is 0.356. The molecule has 0 aliphatic rings. The monoisotopic (exact) mass is 262 g/mol. The summed E-state index contributed by atoms with van der Waals surface area (Å²) in [5.74, 6) is 1.12. The number of aromatic amines is 1. The molecule has 0 atom stereocenters. The molecule has 3 aromatic heterocycles. The van der Waals surface area contributed by atoms with Crippen molar-refractivity contribution < 1.29 is 0 Å². The highest BCUT2D eigenvalue weighted by Gasteiger charge is 2.09. The maximum absolute atomic E-state index is 5.72. The van der Waals surface area contributed by atoms with Crippen LogP contribution in [0.4, 0.5) is 5.82 Å². The molecule has 3 N–H and O–H groups in total. The maximum Gasteiger partial charge on any atom is 0.204 e. The number of H-pyrrole nitrogens is 1. The third-order valence-electron chi connectivity index (χ3n) is 2.30. The largest absolute Gasteiger partial charge is 0.384 e. The minimum absolute atomic E-state index is 0.429. The number of hydrogen-bond donors (Lipinski definition) is 2. The zero-order valence-electron chi connectivity index (χ0n) is 9.53. The van der Waals surface area contributed by atoms with Gasteiger partial charge in [-0.25, -0.2) is 4.98 Å². The first-order valence-corrected chi connectivity index (χ1v) is 6.16. The van der Waals surface area contributed by atoms with Gasteiger partial charge in [-0.05, 0) is 6.07 Å². The average Bonchev–Trinajstić information content (AvgIpc) is 2.94. The second kappa shape index (κ2) is 4.26. The number of nitrogens with zero attached hydrogens (tertiary/aromatic N) is 6. The fourth-order valence-corrected chi connectivity index (χ4v) is 2.46. The van der Waals surface area contributed by atoms with Crippen LogP contribution >= 0.6 is 11.8 Å². The van der Waals surface area contributed by atoms with Crippen LogP contribution in [0.25, 0.3) is 11.2 Å². The van der Waals surface area contributed by atoms with E-state index >= 15 is 0 Å². The Morgan fingerprint density at radius 2 is 2.33 bits per heavy atom. The topological polar surface area (TPSA) is 111 Å². The molecule has 9 heteroatoms.